The first-order valence-corrected chi connectivity index (χ1v) is 39.9. The van der Waals surface area contributed by atoms with E-state index in [9.17, 15) is 19.2 Å². The van der Waals surface area contributed by atoms with Crippen molar-refractivity contribution in [3.8, 4) is 70.4 Å². The van der Waals surface area contributed by atoms with Crippen LogP contribution in [-0.4, -0.2) is 55.6 Å². The van der Waals surface area contributed by atoms with Crippen molar-refractivity contribution in [2.45, 2.75) is 233 Å². The summed E-state index contributed by atoms with van der Waals surface area (Å²) in [5.41, 5.74) is 10.8. The number of hydrogen-bond donors (Lipinski definition) is 0. The molecule has 15 heteroatoms. The van der Waals surface area contributed by atoms with Gasteiger partial charge in [-0.2, -0.15) is 8.75 Å². The van der Waals surface area contributed by atoms with Gasteiger partial charge in [0.25, 0.3) is 0 Å². The van der Waals surface area contributed by atoms with Gasteiger partial charge < -0.3 is 18.9 Å². The molecule has 0 spiro atoms. The Kier molecular flexibility index (Phi) is 38.2. The molecule has 516 valence electrons. The lowest BCUT2D eigenvalue weighted by molar-refractivity contribution is -0.109. The standard InChI is InChI=1S/C82H100N2O8S5/c1-9-13-17-21-25-29-43-89-77-55-75(79(91-45-31-27-23-19-15-11-3)53-73(77)35-33-65-47-67(57-93-61(5)85)51-68(48-65)58-94-62(6)86)41-39-71-37-38-72(82-81(71)83-97-84-82)40-42-76-56-78(90-44-30-26-22-18-14-10-2)74(54-80(76)92-46-32-28-24-20-16-12-4)36-34-66-49-69(59-95-63(7)87)52-70(50-66)60-96-64(8)88/h37-38,47-56H,9-32,43-46,57-60H2,1-8H3. The number of unbranched alkanes of at least 4 members (excludes halogenated alkanes) is 20. The molecule has 0 N–H and O–H groups in total. The maximum absolute atomic E-state index is 12.0. The van der Waals surface area contributed by atoms with E-state index in [0.29, 0.717) is 117 Å². The second kappa shape index (κ2) is 46.7. The summed E-state index contributed by atoms with van der Waals surface area (Å²) in [4.78, 5) is 48.2. The number of ether oxygens (including phenoxy) is 4. The Morgan fingerprint density at radius 1 is 0.320 bits per heavy atom. The summed E-state index contributed by atoms with van der Waals surface area (Å²) >= 11 is 6.13. The lowest BCUT2D eigenvalue weighted by Crippen LogP contribution is -2.03. The topological polar surface area (TPSA) is 131 Å². The molecule has 0 saturated heterocycles. The minimum absolute atomic E-state index is 0.0371. The minimum atomic E-state index is 0.0371. The number of thioether (sulfide) groups is 4. The zero-order chi connectivity index (χ0) is 69.2. The van der Waals surface area contributed by atoms with Gasteiger partial charge in [-0.3, -0.25) is 19.2 Å². The summed E-state index contributed by atoms with van der Waals surface area (Å²) in [6.45, 7) is 17.3. The fraction of sp³-hybridized carbons (Fsp3) is 0.488. The minimum Gasteiger partial charge on any atom is -0.492 e. The van der Waals surface area contributed by atoms with E-state index in [-0.39, 0.29) is 20.5 Å². The zero-order valence-corrected chi connectivity index (χ0v) is 62.8. The Morgan fingerprint density at radius 2 is 0.557 bits per heavy atom. The highest BCUT2D eigenvalue weighted by Crippen LogP contribution is 2.33. The van der Waals surface area contributed by atoms with Crippen LogP contribution in [0.2, 0.25) is 0 Å². The molecule has 0 radical (unpaired) electrons. The molecule has 0 aliphatic heterocycles. The van der Waals surface area contributed by atoms with Gasteiger partial charge in [0.15, 0.2) is 20.5 Å². The van der Waals surface area contributed by atoms with E-state index in [1.54, 1.807) is 27.7 Å². The van der Waals surface area contributed by atoms with E-state index >= 15 is 0 Å². The van der Waals surface area contributed by atoms with Gasteiger partial charge in [0.05, 0.1) is 71.5 Å². The molecule has 0 unspecified atom stereocenters. The van der Waals surface area contributed by atoms with Crippen molar-refractivity contribution < 1.29 is 38.1 Å². The first-order valence-electron chi connectivity index (χ1n) is 35.2. The molecule has 0 amide bonds. The van der Waals surface area contributed by atoms with E-state index in [2.05, 4.69) is 75.1 Å². The van der Waals surface area contributed by atoms with Gasteiger partial charge in [-0.15, -0.1) is 0 Å². The monoisotopic (exact) mass is 1400 g/mol. The molecule has 0 aliphatic rings. The Morgan fingerprint density at radius 3 is 0.814 bits per heavy atom. The van der Waals surface area contributed by atoms with Gasteiger partial charge >= 0.3 is 0 Å². The SMILES string of the molecule is CCCCCCCCOc1cc(C#Cc2ccc(C#Cc3cc(OCCCCCCCC)c(C#Cc4cc(CSC(C)=O)cc(CSC(C)=O)c4)cc3OCCCCCCCC)c3nsnc23)c(OCCCCCCCC)cc1C#Cc1cc(CSC(C)=O)cc(CSC(C)=O)c1. The second-order valence-corrected chi connectivity index (χ2v) is 29.6. The van der Waals surface area contributed by atoms with Gasteiger partial charge in [-0.1, -0.05) is 263 Å². The highest BCUT2D eigenvalue weighted by atomic mass is 32.2. The number of benzene rings is 5. The third kappa shape index (κ3) is 31.0. The molecule has 0 fully saturated rings. The smallest absolute Gasteiger partial charge is 0.186 e. The number of carbonyl (C=O) groups is 4. The normalized spacial score (nSPS) is 10.8. The van der Waals surface area contributed by atoms with Crippen molar-refractivity contribution in [3.63, 3.8) is 0 Å². The van der Waals surface area contributed by atoms with Gasteiger partial charge in [0.2, 0.25) is 0 Å². The average molecular weight is 1400 g/mol. The van der Waals surface area contributed by atoms with Crippen LogP contribution < -0.4 is 18.9 Å². The number of nitrogens with zero attached hydrogens (tertiary/aromatic N) is 2. The third-order valence-corrected chi connectivity index (χ3v) is 19.9. The lowest BCUT2D eigenvalue weighted by atomic mass is 10.0. The summed E-state index contributed by atoms with van der Waals surface area (Å²) in [5.74, 6) is 32.2. The van der Waals surface area contributed by atoms with Crippen molar-refractivity contribution in [1.82, 2.24) is 8.75 Å². The first-order chi connectivity index (χ1) is 47.2. The zero-order valence-electron chi connectivity index (χ0n) is 58.8. The maximum Gasteiger partial charge on any atom is 0.186 e. The van der Waals surface area contributed by atoms with Crippen LogP contribution in [0.3, 0.4) is 0 Å². The van der Waals surface area contributed by atoms with E-state index in [4.69, 9.17) is 27.7 Å². The van der Waals surface area contributed by atoms with E-state index < -0.39 is 0 Å². The van der Waals surface area contributed by atoms with Crippen molar-refractivity contribution >= 4 is 90.3 Å². The van der Waals surface area contributed by atoms with Gasteiger partial charge in [0, 0.05) is 86.1 Å². The van der Waals surface area contributed by atoms with Crippen LogP contribution in [0.5, 0.6) is 23.0 Å². The summed E-state index contributed by atoms with van der Waals surface area (Å²) < 4.78 is 36.3. The molecule has 0 bridgehead atoms. The number of aromatic nitrogens is 2. The highest BCUT2D eigenvalue weighted by molar-refractivity contribution is 8.13. The molecular formula is C82H100N2O8S5. The van der Waals surface area contributed by atoms with Crippen molar-refractivity contribution in [1.29, 1.82) is 0 Å². The third-order valence-electron chi connectivity index (χ3n) is 15.8. The lowest BCUT2D eigenvalue weighted by Gasteiger charge is -2.14. The Bertz CT molecular complexity index is 3460. The Balaban J connectivity index is 1.43. The second-order valence-electron chi connectivity index (χ2n) is 24.5. The van der Waals surface area contributed by atoms with Crippen LogP contribution in [0.1, 0.15) is 276 Å². The largest absolute Gasteiger partial charge is 0.492 e. The summed E-state index contributed by atoms with van der Waals surface area (Å²) in [7, 11) is 0. The molecule has 6 rings (SSSR count). The van der Waals surface area contributed by atoms with Gasteiger partial charge in [-0.25, -0.2) is 0 Å². The molecule has 0 aliphatic carbocycles. The molecule has 1 aromatic heterocycles. The number of rotatable bonds is 40. The molecule has 0 atom stereocenters. The Labute approximate surface area is 601 Å². The highest BCUT2D eigenvalue weighted by Gasteiger charge is 2.16. The van der Waals surface area contributed by atoms with Crippen LogP contribution in [0.15, 0.2) is 72.8 Å². The molecule has 1 heterocycles. The number of hydrogen-bond acceptors (Lipinski definition) is 15. The predicted octanol–water partition coefficient (Wildman–Crippen LogP) is 21.4. The summed E-state index contributed by atoms with van der Waals surface area (Å²) in [5, 5.41) is 0.148. The molecule has 6 aromatic rings. The fourth-order valence-electron chi connectivity index (χ4n) is 10.6. The molecule has 5 aromatic carbocycles. The van der Waals surface area contributed by atoms with Gasteiger partial charge in [0.1, 0.15) is 34.0 Å². The fourth-order valence-corrected chi connectivity index (χ4v) is 13.3. The van der Waals surface area contributed by atoms with Crippen LogP contribution >= 0.6 is 58.8 Å². The quantitative estimate of drug-likeness (QED) is 0.0267. The van der Waals surface area contributed by atoms with Crippen molar-refractivity contribution in [2.24, 2.45) is 0 Å². The van der Waals surface area contributed by atoms with Crippen LogP contribution in [0.25, 0.3) is 11.0 Å². The molecule has 0 saturated carbocycles. The average Bonchev–Trinajstić information content (AvgIpc) is 1.81. The first kappa shape index (κ1) is 79.4. The van der Waals surface area contributed by atoms with Gasteiger partial charge in [-0.05, 0) is 84.3 Å². The predicted molar refractivity (Wildman–Crippen MR) is 410 cm³/mol. The van der Waals surface area contributed by atoms with E-state index in [1.807, 2.05) is 72.8 Å². The number of carbonyl (C=O) groups excluding carboxylic acids is 4. The summed E-state index contributed by atoms with van der Waals surface area (Å²) in [6.07, 6.45) is 26.9. The number of fused-ring (bicyclic) bond motifs is 1. The Hall–Kier alpha value is -6.56. The van der Waals surface area contributed by atoms with Crippen LogP contribution in [-0.2, 0) is 42.2 Å². The van der Waals surface area contributed by atoms with E-state index in [1.165, 1.54) is 124 Å². The van der Waals surface area contributed by atoms with E-state index in [0.717, 1.165) is 122 Å². The van der Waals surface area contributed by atoms with Crippen molar-refractivity contribution in [3.05, 3.63) is 140 Å². The molecule has 97 heavy (non-hydrogen) atoms. The molecule has 10 nitrogen and oxygen atoms in total. The van der Waals surface area contributed by atoms with Crippen LogP contribution in [0, 0.1) is 47.4 Å². The summed E-state index contributed by atoms with van der Waals surface area (Å²) in [6, 6.07) is 23.9. The maximum atomic E-state index is 12.0. The van der Waals surface area contributed by atoms with Crippen molar-refractivity contribution in [2.75, 3.05) is 26.4 Å². The molecular weight excluding hydrogens is 1300 g/mol. The van der Waals surface area contributed by atoms with Crippen LogP contribution in [0.4, 0.5) is 0 Å².